The van der Waals surface area contributed by atoms with E-state index in [1.54, 1.807) is 0 Å². The Morgan fingerprint density at radius 1 is 0.611 bits per heavy atom. The van der Waals surface area contributed by atoms with Crippen LogP contribution in [0.2, 0.25) is 0 Å². The molecule has 0 fully saturated rings. The molecule has 0 aliphatic heterocycles. The van der Waals surface area contributed by atoms with E-state index in [9.17, 15) is 29.2 Å². The summed E-state index contributed by atoms with van der Waals surface area (Å²) in [6.07, 6.45) is 34.5. The summed E-state index contributed by atoms with van der Waals surface area (Å²) in [5.74, 6) is -2.97. The number of carbonyl (C=O) groups is 3. The number of ketones is 2. The summed E-state index contributed by atoms with van der Waals surface area (Å²) < 4.78 is 20.4. The van der Waals surface area contributed by atoms with Gasteiger partial charge in [-0.1, -0.05) is 141 Å². The number of rotatable bonds is 39. The number of aliphatic hydroxyl groups is 2. The Balaban J connectivity index is 4.90. The van der Waals surface area contributed by atoms with Crippen LogP contribution in [0.1, 0.15) is 194 Å². The van der Waals surface area contributed by atoms with Gasteiger partial charge in [0, 0.05) is 12.8 Å². The average Bonchev–Trinajstić information content (AvgIpc) is 3.14. The van der Waals surface area contributed by atoms with E-state index in [1.807, 2.05) is 0 Å². The van der Waals surface area contributed by atoms with Crippen LogP contribution in [0.3, 0.4) is 0 Å². The van der Waals surface area contributed by atoms with Crippen LogP contribution in [0, 0.1) is 0 Å². The molecule has 0 unspecified atom stereocenters. The zero-order valence-electron chi connectivity index (χ0n) is 33.9. The quantitative estimate of drug-likeness (QED) is 0.0131. The summed E-state index contributed by atoms with van der Waals surface area (Å²) in [6, 6.07) is -1.70. The van der Waals surface area contributed by atoms with Gasteiger partial charge < -0.3 is 30.5 Å². The van der Waals surface area contributed by atoms with Crippen LogP contribution in [0.25, 0.3) is 0 Å². The molecule has 0 aromatic carbocycles. The molecule has 0 aromatic heterocycles. The van der Waals surface area contributed by atoms with E-state index in [1.165, 1.54) is 77.0 Å². The number of ether oxygens (including phenoxy) is 1. The van der Waals surface area contributed by atoms with Crippen LogP contribution < -0.4 is 5.73 Å². The molecule has 0 aliphatic rings. The third kappa shape index (κ3) is 27.8. The average molecular weight is 788 g/mol. The molecule has 0 bridgehead atoms. The number of phosphoric acid groups is 1. The van der Waals surface area contributed by atoms with Gasteiger partial charge in [-0.15, -0.1) is 0 Å². The number of allylic oxidation sites excluding steroid dienone is 4. The molecular weight excluding hydrogens is 709 g/mol. The largest absolute Gasteiger partial charge is 0.469 e. The van der Waals surface area contributed by atoms with Crippen molar-refractivity contribution in [1.82, 2.24) is 0 Å². The monoisotopic (exact) mass is 788 g/mol. The number of nitrogens with two attached hydrogens (primary N) is 1. The summed E-state index contributed by atoms with van der Waals surface area (Å²) in [6.45, 7) is 2.50. The van der Waals surface area contributed by atoms with Gasteiger partial charge in [-0.2, -0.15) is 0 Å². The van der Waals surface area contributed by atoms with Crippen molar-refractivity contribution in [2.45, 2.75) is 211 Å². The normalized spacial score (nSPS) is 13.5. The fourth-order valence-corrected chi connectivity index (χ4v) is 6.69. The lowest BCUT2D eigenvalue weighted by Gasteiger charge is -2.32. The van der Waals surface area contributed by atoms with Crippen LogP contribution in [0.4, 0.5) is 0 Å². The smallest absolute Gasteiger partial charge is 0.455 e. The lowest BCUT2D eigenvalue weighted by atomic mass is 9.82. The summed E-state index contributed by atoms with van der Waals surface area (Å²) in [5.41, 5.74) is 2.85. The van der Waals surface area contributed by atoms with Gasteiger partial charge in [0.2, 0.25) is 5.60 Å². The van der Waals surface area contributed by atoms with E-state index < -0.39 is 56.3 Å². The van der Waals surface area contributed by atoms with Crippen molar-refractivity contribution in [2.75, 3.05) is 13.2 Å². The molecule has 316 valence electrons. The molecule has 0 aliphatic carbocycles. The minimum Gasteiger partial charge on any atom is -0.455 e. The fraction of sp³-hybridized carbons (Fsp3) is 0.833. The standard InChI is InChI=1S/C42H78NO10P/c1-3-5-7-9-11-13-15-17-19-21-23-25-27-29-31-33-38(45)42(48,40(35-44)53-41(47)37(43)36-52-54(49,50)51)39(46)34-32-30-28-26-24-22-20-18-16-14-12-10-8-6-4-2/h17-20,37,40,44,48H,3-16,21-36,43H2,1-2H3,(H2,49,50,51)/b19-17-,20-18-/t37-,40-/m0/s1. The molecule has 12 heteroatoms. The molecule has 2 atom stereocenters. The van der Waals surface area contributed by atoms with Gasteiger partial charge in [-0.3, -0.25) is 18.9 Å². The zero-order chi connectivity index (χ0) is 40.3. The van der Waals surface area contributed by atoms with E-state index in [0.717, 1.165) is 64.2 Å². The Hall–Kier alpha value is -1.72. The second kappa shape index (κ2) is 34.5. The minimum atomic E-state index is -4.94. The molecule has 0 saturated heterocycles. The number of aliphatic hydroxyl groups excluding tert-OH is 1. The molecule has 0 radical (unpaired) electrons. The Morgan fingerprint density at radius 3 is 1.28 bits per heavy atom. The van der Waals surface area contributed by atoms with Crippen molar-refractivity contribution in [3.8, 4) is 0 Å². The highest BCUT2D eigenvalue weighted by molar-refractivity contribution is 7.46. The molecular formula is C42H78NO10P. The second-order valence-corrected chi connectivity index (χ2v) is 16.0. The Morgan fingerprint density at radius 2 is 0.944 bits per heavy atom. The van der Waals surface area contributed by atoms with Crippen LogP contribution in [0.15, 0.2) is 24.3 Å². The van der Waals surface area contributed by atoms with Crippen molar-refractivity contribution in [1.29, 1.82) is 0 Å². The molecule has 6 N–H and O–H groups in total. The van der Waals surface area contributed by atoms with Gasteiger partial charge in [-0.25, -0.2) is 4.57 Å². The summed E-state index contributed by atoms with van der Waals surface area (Å²) in [4.78, 5) is 57.4. The molecule has 54 heavy (non-hydrogen) atoms. The Bertz CT molecular complexity index is 1010. The number of carbonyl (C=O) groups excluding carboxylic acids is 3. The molecule has 0 spiro atoms. The van der Waals surface area contributed by atoms with Crippen molar-refractivity contribution >= 4 is 25.4 Å². The molecule has 0 amide bonds. The number of hydrogen-bond acceptors (Lipinski definition) is 9. The molecule has 11 nitrogen and oxygen atoms in total. The van der Waals surface area contributed by atoms with E-state index in [-0.39, 0.29) is 12.8 Å². The van der Waals surface area contributed by atoms with Crippen molar-refractivity contribution < 1.29 is 48.2 Å². The molecule has 0 saturated carbocycles. The van der Waals surface area contributed by atoms with Crippen molar-refractivity contribution in [3.05, 3.63) is 24.3 Å². The number of hydrogen-bond donors (Lipinski definition) is 5. The van der Waals surface area contributed by atoms with Gasteiger partial charge in [0.05, 0.1) is 13.2 Å². The van der Waals surface area contributed by atoms with Crippen LogP contribution in [-0.2, 0) is 28.2 Å². The third-order valence-corrected chi connectivity index (χ3v) is 10.3. The topological polar surface area (TPSA) is 194 Å². The first-order valence-corrected chi connectivity index (χ1v) is 22.8. The third-order valence-electron chi connectivity index (χ3n) is 9.80. The first kappa shape index (κ1) is 52.3. The van der Waals surface area contributed by atoms with Gasteiger partial charge >= 0.3 is 13.8 Å². The van der Waals surface area contributed by atoms with Gasteiger partial charge in [0.15, 0.2) is 17.7 Å². The van der Waals surface area contributed by atoms with Crippen LogP contribution in [0.5, 0.6) is 0 Å². The lowest BCUT2D eigenvalue weighted by Crippen LogP contribution is -2.59. The van der Waals surface area contributed by atoms with E-state index in [4.69, 9.17) is 20.3 Å². The predicted molar refractivity (Wildman–Crippen MR) is 217 cm³/mol. The summed E-state index contributed by atoms with van der Waals surface area (Å²) >= 11 is 0. The zero-order valence-corrected chi connectivity index (χ0v) is 34.8. The highest BCUT2D eigenvalue weighted by Crippen LogP contribution is 2.35. The van der Waals surface area contributed by atoms with E-state index in [0.29, 0.717) is 25.7 Å². The van der Waals surface area contributed by atoms with Gasteiger partial charge in [0.25, 0.3) is 0 Å². The summed E-state index contributed by atoms with van der Waals surface area (Å²) in [5, 5.41) is 21.7. The number of esters is 1. The van der Waals surface area contributed by atoms with Crippen molar-refractivity contribution in [2.24, 2.45) is 5.73 Å². The Kier molecular flexibility index (Phi) is 33.4. The van der Waals surface area contributed by atoms with Crippen molar-refractivity contribution in [3.63, 3.8) is 0 Å². The SMILES string of the molecule is CCCCCCCC/C=C\CCCCCCCC(=O)C(O)(C(=O)CCCCCCC/C=C\CCCCCCCC)[C@H](CO)OC(=O)[C@@H](N)COP(=O)(O)O. The maximum absolute atomic E-state index is 13.5. The summed E-state index contributed by atoms with van der Waals surface area (Å²) in [7, 11) is -4.94. The maximum atomic E-state index is 13.5. The Labute approximate surface area is 327 Å². The predicted octanol–water partition coefficient (Wildman–Crippen LogP) is 9.27. The molecule has 0 heterocycles. The maximum Gasteiger partial charge on any atom is 0.469 e. The second-order valence-electron chi connectivity index (χ2n) is 14.8. The first-order valence-electron chi connectivity index (χ1n) is 21.3. The number of unbranched alkanes of at least 4 members (excludes halogenated alkanes) is 22. The fourth-order valence-electron chi connectivity index (χ4n) is 6.34. The van der Waals surface area contributed by atoms with Crippen LogP contribution >= 0.6 is 7.82 Å². The lowest BCUT2D eigenvalue weighted by molar-refractivity contribution is -0.182. The minimum absolute atomic E-state index is 0.145. The molecule has 0 rings (SSSR count). The number of Topliss-reactive ketones (excluding diaryl/α,β-unsaturated/α-hetero) is 2. The van der Waals surface area contributed by atoms with E-state index >= 15 is 0 Å². The van der Waals surface area contributed by atoms with E-state index in [2.05, 4.69) is 42.7 Å². The highest BCUT2D eigenvalue weighted by atomic mass is 31.2. The first-order chi connectivity index (χ1) is 25.9. The van der Waals surface area contributed by atoms with Gasteiger partial charge in [-0.05, 0) is 64.2 Å². The highest BCUT2D eigenvalue weighted by Gasteiger charge is 2.51. The number of phosphoric ester groups is 1. The van der Waals surface area contributed by atoms with Crippen LogP contribution in [-0.4, -0.2) is 68.5 Å². The van der Waals surface area contributed by atoms with Gasteiger partial charge in [0.1, 0.15) is 6.04 Å². The molecule has 0 aromatic rings.